The average molecular weight is 266 g/mol. The first-order chi connectivity index (χ1) is 8.10. The zero-order chi connectivity index (χ0) is 13.9. The van der Waals surface area contributed by atoms with Gasteiger partial charge >= 0.3 is 0 Å². The first kappa shape index (κ1) is 13.3. The number of rotatable bonds is 3. The molecule has 1 aliphatic rings. The van der Waals surface area contributed by atoms with E-state index in [1.807, 2.05) is 18.7 Å². The smallest absolute Gasteiger partial charge is 0.134 e. The topological polar surface area (TPSA) is 55.9 Å². The van der Waals surface area contributed by atoms with Crippen LogP contribution >= 0.6 is 12.2 Å². The van der Waals surface area contributed by atoms with Crippen LogP contribution in [0.1, 0.15) is 39.0 Å². The molecule has 0 bridgehead atoms. The van der Waals surface area contributed by atoms with E-state index in [0.717, 1.165) is 17.1 Å². The lowest BCUT2D eigenvalue weighted by molar-refractivity contribution is 0.457. The summed E-state index contributed by atoms with van der Waals surface area (Å²) in [6.45, 7) is 11.0. The molecule has 1 saturated carbocycles. The van der Waals surface area contributed by atoms with E-state index in [9.17, 15) is 0 Å². The van der Waals surface area contributed by atoms with Gasteiger partial charge in [0, 0.05) is 13.1 Å². The Morgan fingerprint density at radius 2 is 1.83 bits per heavy atom. The van der Waals surface area contributed by atoms with Gasteiger partial charge in [-0.05, 0) is 17.8 Å². The van der Waals surface area contributed by atoms with E-state index in [4.69, 9.17) is 18.0 Å². The molecule has 3 N–H and O–H groups in total. The van der Waals surface area contributed by atoms with Crippen molar-refractivity contribution in [3.8, 4) is 0 Å². The van der Waals surface area contributed by atoms with Crippen LogP contribution in [0.2, 0.25) is 0 Å². The Hall–Kier alpha value is -1.10. The van der Waals surface area contributed by atoms with Crippen molar-refractivity contribution in [3.63, 3.8) is 0 Å². The molecule has 0 unspecified atom stereocenters. The van der Waals surface area contributed by atoms with Crippen molar-refractivity contribution in [1.82, 2.24) is 9.78 Å². The second-order valence-corrected chi connectivity index (χ2v) is 6.76. The van der Waals surface area contributed by atoms with Crippen LogP contribution in [0.3, 0.4) is 0 Å². The lowest BCUT2D eigenvalue weighted by Crippen LogP contribution is -2.18. The van der Waals surface area contributed by atoms with Crippen molar-refractivity contribution in [2.75, 3.05) is 5.32 Å². The fourth-order valence-corrected chi connectivity index (χ4v) is 3.06. The highest BCUT2D eigenvalue weighted by atomic mass is 32.1. The third kappa shape index (κ3) is 1.64. The van der Waals surface area contributed by atoms with Crippen LogP contribution < -0.4 is 11.1 Å². The molecule has 1 fully saturated rings. The lowest BCUT2D eigenvalue weighted by atomic mass is 10.0. The molecular formula is C13H22N4S. The molecule has 0 aromatic carbocycles. The molecule has 1 aliphatic carbocycles. The highest BCUT2D eigenvalue weighted by molar-refractivity contribution is 7.80. The quantitative estimate of drug-likeness (QED) is 0.824. The Kier molecular flexibility index (Phi) is 2.74. The molecule has 1 aromatic rings. The van der Waals surface area contributed by atoms with Gasteiger partial charge in [-0.3, -0.25) is 4.68 Å². The standard InChI is InChI=1S/C13H22N4S/c1-7-8(9(14)18)10(17(6)16-7)15-11-12(2,3)13(11,4)5/h11,15H,1-6H3,(H2,14,18). The Balaban J connectivity index is 2.35. The average Bonchev–Trinajstić information content (AvgIpc) is 2.50. The Bertz CT molecular complexity index is 499. The van der Waals surface area contributed by atoms with Crippen LogP contribution in [0.25, 0.3) is 0 Å². The minimum atomic E-state index is 0.263. The van der Waals surface area contributed by atoms with Gasteiger partial charge in [-0.25, -0.2) is 0 Å². The molecule has 2 rings (SSSR count). The molecule has 0 spiro atoms. The number of nitrogens with zero attached hydrogens (tertiary/aromatic N) is 2. The van der Waals surface area contributed by atoms with E-state index in [1.54, 1.807) is 0 Å². The molecular weight excluding hydrogens is 244 g/mol. The van der Waals surface area contributed by atoms with Crippen molar-refractivity contribution in [1.29, 1.82) is 0 Å². The molecule has 1 aromatic heterocycles. The molecule has 100 valence electrons. The fourth-order valence-electron chi connectivity index (χ4n) is 2.81. The third-order valence-electron chi connectivity index (χ3n) is 4.77. The van der Waals surface area contributed by atoms with Crippen molar-refractivity contribution in [3.05, 3.63) is 11.3 Å². The summed E-state index contributed by atoms with van der Waals surface area (Å²) >= 11 is 5.12. The van der Waals surface area contributed by atoms with E-state index < -0.39 is 0 Å². The molecule has 18 heavy (non-hydrogen) atoms. The summed E-state index contributed by atoms with van der Waals surface area (Å²) in [6, 6.07) is 0.410. The second-order valence-electron chi connectivity index (χ2n) is 6.32. The summed E-state index contributed by atoms with van der Waals surface area (Å²) in [5.74, 6) is 0.934. The Morgan fingerprint density at radius 3 is 2.22 bits per heavy atom. The first-order valence-electron chi connectivity index (χ1n) is 6.20. The van der Waals surface area contributed by atoms with Crippen LogP contribution in [0, 0.1) is 17.8 Å². The number of nitrogens with one attached hydrogen (secondary N) is 1. The van der Waals surface area contributed by atoms with Crippen LogP contribution in [-0.2, 0) is 7.05 Å². The maximum absolute atomic E-state index is 5.80. The van der Waals surface area contributed by atoms with Crippen molar-refractivity contribution in [2.24, 2.45) is 23.6 Å². The summed E-state index contributed by atoms with van der Waals surface area (Å²) < 4.78 is 1.83. The Morgan fingerprint density at radius 1 is 1.33 bits per heavy atom. The highest BCUT2D eigenvalue weighted by Gasteiger charge is 2.65. The first-order valence-corrected chi connectivity index (χ1v) is 6.61. The van der Waals surface area contributed by atoms with Crippen molar-refractivity contribution < 1.29 is 0 Å². The van der Waals surface area contributed by atoms with E-state index in [1.165, 1.54) is 0 Å². The number of aromatic nitrogens is 2. The van der Waals surface area contributed by atoms with Crippen molar-refractivity contribution in [2.45, 2.75) is 40.7 Å². The number of nitrogens with two attached hydrogens (primary N) is 1. The van der Waals surface area contributed by atoms with Gasteiger partial charge in [0.25, 0.3) is 0 Å². The molecule has 0 amide bonds. The summed E-state index contributed by atoms with van der Waals surface area (Å²) in [5.41, 5.74) is 8.07. The monoisotopic (exact) mass is 266 g/mol. The number of anilines is 1. The van der Waals surface area contributed by atoms with E-state index in [2.05, 4.69) is 38.1 Å². The minimum absolute atomic E-state index is 0.263. The number of hydrogen-bond donors (Lipinski definition) is 2. The van der Waals surface area contributed by atoms with Gasteiger partial charge in [-0.1, -0.05) is 39.9 Å². The van der Waals surface area contributed by atoms with Crippen LogP contribution in [0.5, 0.6) is 0 Å². The van der Waals surface area contributed by atoms with Gasteiger partial charge in [-0.2, -0.15) is 5.10 Å². The molecule has 0 atom stereocenters. The molecule has 0 saturated heterocycles. The van der Waals surface area contributed by atoms with Gasteiger partial charge in [0.05, 0.1) is 11.3 Å². The van der Waals surface area contributed by atoms with E-state index >= 15 is 0 Å². The minimum Gasteiger partial charge on any atom is -0.389 e. The zero-order valence-electron chi connectivity index (χ0n) is 12.0. The summed E-state index contributed by atoms with van der Waals surface area (Å²) in [4.78, 5) is 0.402. The Labute approximate surface area is 114 Å². The van der Waals surface area contributed by atoms with Crippen molar-refractivity contribution >= 4 is 23.0 Å². The second kappa shape index (κ2) is 3.70. The van der Waals surface area contributed by atoms with Crippen LogP contribution in [0.4, 0.5) is 5.82 Å². The number of aryl methyl sites for hydroxylation is 2. The molecule has 5 heteroatoms. The third-order valence-corrected chi connectivity index (χ3v) is 4.97. The number of thiocarbonyl (C=S) groups is 1. The van der Waals surface area contributed by atoms with E-state index in [0.29, 0.717) is 11.0 Å². The predicted molar refractivity (Wildman–Crippen MR) is 78.8 cm³/mol. The largest absolute Gasteiger partial charge is 0.389 e. The molecule has 1 heterocycles. The van der Waals surface area contributed by atoms with Crippen LogP contribution in [0.15, 0.2) is 0 Å². The molecule has 0 radical (unpaired) electrons. The predicted octanol–water partition coefficient (Wildman–Crippen LogP) is 2.21. The lowest BCUT2D eigenvalue weighted by Gasteiger charge is -2.11. The fraction of sp³-hybridized carbons (Fsp3) is 0.692. The summed E-state index contributed by atoms with van der Waals surface area (Å²) in [5, 5.41) is 7.96. The maximum Gasteiger partial charge on any atom is 0.134 e. The molecule has 0 aliphatic heterocycles. The van der Waals surface area contributed by atoms with Gasteiger partial charge in [0.1, 0.15) is 10.8 Å². The summed E-state index contributed by atoms with van der Waals surface area (Å²) in [6.07, 6.45) is 0. The highest BCUT2D eigenvalue weighted by Crippen LogP contribution is 2.63. The van der Waals surface area contributed by atoms with Gasteiger partial charge in [0.2, 0.25) is 0 Å². The summed E-state index contributed by atoms with van der Waals surface area (Å²) in [7, 11) is 1.92. The zero-order valence-corrected chi connectivity index (χ0v) is 12.8. The molecule has 4 nitrogen and oxygen atoms in total. The number of hydrogen-bond acceptors (Lipinski definition) is 3. The van der Waals surface area contributed by atoms with Gasteiger partial charge < -0.3 is 11.1 Å². The van der Waals surface area contributed by atoms with Crippen LogP contribution in [-0.4, -0.2) is 20.8 Å². The maximum atomic E-state index is 5.80. The van der Waals surface area contributed by atoms with Gasteiger partial charge in [-0.15, -0.1) is 0 Å². The van der Waals surface area contributed by atoms with E-state index in [-0.39, 0.29) is 10.8 Å². The SMILES string of the molecule is Cc1nn(C)c(NC2C(C)(C)C2(C)C)c1C(N)=S. The van der Waals surface area contributed by atoms with Gasteiger partial charge in [0.15, 0.2) is 0 Å². The normalized spacial score (nSPS) is 20.8.